The van der Waals surface area contributed by atoms with Gasteiger partial charge < -0.3 is 10.4 Å². The zero-order valence-electron chi connectivity index (χ0n) is 9.90. The lowest BCUT2D eigenvalue weighted by Gasteiger charge is -2.19. The number of pyridine rings is 1. The average Bonchev–Trinajstić information content (AvgIpc) is 3.19. The largest absolute Gasteiger partial charge is 0.478 e. The third kappa shape index (κ3) is 2.30. The number of carboxylic acid groups (broad SMARTS) is 1. The van der Waals surface area contributed by atoms with E-state index >= 15 is 0 Å². The van der Waals surface area contributed by atoms with Crippen molar-refractivity contribution in [3.63, 3.8) is 0 Å². The summed E-state index contributed by atoms with van der Waals surface area (Å²) in [7, 11) is 0. The summed E-state index contributed by atoms with van der Waals surface area (Å²) in [5.74, 6) is -0.202. The van der Waals surface area contributed by atoms with Gasteiger partial charge in [0.2, 0.25) is 0 Å². The Morgan fingerprint density at radius 3 is 2.50 bits per heavy atom. The van der Waals surface area contributed by atoms with Crippen LogP contribution in [0.3, 0.4) is 0 Å². The number of hydrogen-bond acceptors (Lipinski definition) is 3. The van der Waals surface area contributed by atoms with Gasteiger partial charge in [0.05, 0.1) is 6.20 Å². The first kappa shape index (κ1) is 11.4. The van der Waals surface area contributed by atoms with Crippen LogP contribution in [0.25, 0.3) is 0 Å². The van der Waals surface area contributed by atoms with Crippen molar-refractivity contribution in [1.29, 1.82) is 0 Å². The van der Waals surface area contributed by atoms with E-state index in [0.29, 0.717) is 23.7 Å². The predicted molar refractivity (Wildman–Crippen MR) is 64.0 cm³/mol. The van der Waals surface area contributed by atoms with Crippen molar-refractivity contribution >= 4 is 11.8 Å². The molecular formula is C13H15FN2O2. The van der Waals surface area contributed by atoms with E-state index in [1.165, 1.54) is 25.7 Å². The maximum atomic E-state index is 13.0. The monoisotopic (exact) mass is 250 g/mol. The number of carboxylic acids is 1. The van der Waals surface area contributed by atoms with Crippen LogP contribution in [0.5, 0.6) is 0 Å². The number of rotatable bonds is 5. The maximum absolute atomic E-state index is 13.0. The number of carbonyl (C=O) groups is 1. The van der Waals surface area contributed by atoms with Crippen molar-refractivity contribution in [2.24, 2.45) is 11.8 Å². The molecule has 4 nitrogen and oxygen atoms in total. The van der Waals surface area contributed by atoms with Gasteiger partial charge in [0.25, 0.3) is 0 Å². The second kappa shape index (κ2) is 4.23. The molecule has 1 heterocycles. The van der Waals surface area contributed by atoms with E-state index < -0.39 is 11.8 Å². The SMILES string of the molecule is O=C(O)c1cc(F)cnc1NC(C1CC1)C1CC1. The Morgan fingerprint density at radius 2 is 2.00 bits per heavy atom. The zero-order chi connectivity index (χ0) is 12.7. The number of aromatic nitrogens is 1. The molecule has 2 fully saturated rings. The molecular weight excluding hydrogens is 235 g/mol. The minimum atomic E-state index is -1.14. The van der Waals surface area contributed by atoms with Crippen molar-refractivity contribution in [3.05, 3.63) is 23.6 Å². The highest BCUT2D eigenvalue weighted by Crippen LogP contribution is 2.45. The standard InChI is InChI=1S/C13H15FN2O2/c14-9-5-10(13(17)18)12(15-6-9)16-11(7-1-2-7)8-3-4-8/h5-8,11H,1-4H2,(H,15,16)(H,17,18). The Morgan fingerprint density at radius 1 is 1.39 bits per heavy atom. The van der Waals surface area contributed by atoms with Crippen LogP contribution in [0, 0.1) is 17.7 Å². The van der Waals surface area contributed by atoms with E-state index in [4.69, 9.17) is 5.11 Å². The average molecular weight is 250 g/mol. The lowest BCUT2D eigenvalue weighted by molar-refractivity contribution is 0.0697. The van der Waals surface area contributed by atoms with Gasteiger partial charge in [-0.15, -0.1) is 0 Å². The van der Waals surface area contributed by atoms with Gasteiger partial charge in [0, 0.05) is 6.04 Å². The molecule has 0 unspecified atom stereocenters. The van der Waals surface area contributed by atoms with Gasteiger partial charge in [-0.2, -0.15) is 0 Å². The molecule has 2 aliphatic rings. The van der Waals surface area contributed by atoms with E-state index in [1.54, 1.807) is 0 Å². The molecule has 0 atom stereocenters. The number of hydrogen-bond donors (Lipinski definition) is 2. The Hall–Kier alpha value is -1.65. The molecule has 2 aliphatic carbocycles. The van der Waals surface area contributed by atoms with Crippen molar-refractivity contribution < 1.29 is 14.3 Å². The molecule has 1 aromatic heterocycles. The summed E-state index contributed by atoms with van der Waals surface area (Å²) in [6.45, 7) is 0. The maximum Gasteiger partial charge on any atom is 0.339 e. The van der Waals surface area contributed by atoms with Gasteiger partial charge in [-0.3, -0.25) is 0 Å². The van der Waals surface area contributed by atoms with Crippen LogP contribution in [0.1, 0.15) is 36.0 Å². The lowest BCUT2D eigenvalue weighted by atomic mass is 10.1. The molecule has 0 spiro atoms. The minimum Gasteiger partial charge on any atom is -0.478 e. The molecule has 0 aliphatic heterocycles. The summed E-state index contributed by atoms with van der Waals surface area (Å²) in [4.78, 5) is 15.0. The molecule has 0 saturated heterocycles. The smallest absolute Gasteiger partial charge is 0.339 e. The van der Waals surface area contributed by atoms with E-state index in [-0.39, 0.29) is 5.56 Å². The van der Waals surface area contributed by atoms with Crippen LogP contribution in [0.4, 0.5) is 10.2 Å². The first-order valence-corrected chi connectivity index (χ1v) is 6.30. The van der Waals surface area contributed by atoms with Crippen molar-refractivity contribution in [1.82, 2.24) is 4.98 Å². The Kier molecular flexibility index (Phi) is 2.69. The van der Waals surface area contributed by atoms with Crippen LogP contribution in [-0.2, 0) is 0 Å². The highest BCUT2D eigenvalue weighted by Gasteiger charge is 2.42. The van der Waals surface area contributed by atoms with Crippen LogP contribution in [-0.4, -0.2) is 22.1 Å². The molecule has 0 aromatic carbocycles. The topological polar surface area (TPSA) is 62.2 Å². The van der Waals surface area contributed by atoms with Gasteiger partial charge in [0.1, 0.15) is 17.2 Å². The fourth-order valence-corrected chi connectivity index (χ4v) is 2.41. The second-order valence-electron chi connectivity index (χ2n) is 5.20. The summed E-state index contributed by atoms with van der Waals surface area (Å²) in [5.41, 5.74) is -0.0821. The Balaban J connectivity index is 1.84. The predicted octanol–water partition coefficient (Wildman–Crippen LogP) is 2.52. The number of nitrogens with zero attached hydrogens (tertiary/aromatic N) is 1. The summed E-state index contributed by atoms with van der Waals surface area (Å²) >= 11 is 0. The number of anilines is 1. The number of halogens is 1. The third-order valence-corrected chi connectivity index (χ3v) is 3.65. The quantitative estimate of drug-likeness (QED) is 0.843. The molecule has 5 heteroatoms. The Bertz CT molecular complexity index is 472. The minimum absolute atomic E-state index is 0.0821. The highest BCUT2D eigenvalue weighted by molar-refractivity contribution is 5.93. The van der Waals surface area contributed by atoms with Gasteiger partial charge in [0.15, 0.2) is 0 Å². The summed E-state index contributed by atoms with van der Waals surface area (Å²) in [6.07, 6.45) is 5.83. The summed E-state index contributed by atoms with van der Waals surface area (Å²) in [6, 6.07) is 1.33. The molecule has 2 N–H and O–H groups in total. The molecule has 2 saturated carbocycles. The van der Waals surface area contributed by atoms with Crippen LogP contribution >= 0.6 is 0 Å². The molecule has 0 amide bonds. The molecule has 3 rings (SSSR count). The van der Waals surface area contributed by atoms with E-state index in [2.05, 4.69) is 10.3 Å². The van der Waals surface area contributed by atoms with E-state index in [1.807, 2.05) is 0 Å². The number of nitrogens with one attached hydrogen (secondary N) is 1. The van der Waals surface area contributed by atoms with Crippen molar-refractivity contribution in [2.45, 2.75) is 31.7 Å². The Labute approximate surface area is 104 Å². The van der Waals surface area contributed by atoms with Crippen molar-refractivity contribution in [3.8, 4) is 0 Å². The second-order valence-corrected chi connectivity index (χ2v) is 5.20. The van der Waals surface area contributed by atoms with Crippen LogP contribution in [0.15, 0.2) is 12.3 Å². The molecule has 0 radical (unpaired) electrons. The van der Waals surface area contributed by atoms with Crippen LogP contribution in [0.2, 0.25) is 0 Å². The first-order chi connectivity index (χ1) is 8.65. The highest BCUT2D eigenvalue weighted by atomic mass is 19.1. The lowest BCUT2D eigenvalue weighted by Crippen LogP contribution is -2.26. The van der Waals surface area contributed by atoms with Gasteiger partial charge >= 0.3 is 5.97 Å². The third-order valence-electron chi connectivity index (χ3n) is 3.65. The summed E-state index contributed by atoms with van der Waals surface area (Å²) < 4.78 is 13.0. The molecule has 1 aromatic rings. The zero-order valence-corrected chi connectivity index (χ0v) is 9.90. The fourth-order valence-electron chi connectivity index (χ4n) is 2.41. The van der Waals surface area contributed by atoms with E-state index in [9.17, 15) is 9.18 Å². The normalized spacial score (nSPS) is 19.0. The molecule has 18 heavy (non-hydrogen) atoms. The number of aromatic carboxylic acids is 1. The van der Waals surface area contributed by atoms with E-state index in [0.717, 1.165) is 12.3 Å². The molecule has 96 valence electrons. The fraction of sp³-hybridized carbons (Fsp3) is 0.538. The molecule has 0 bridgehead atoms. The van der Waals surface area contributed by atoms with Gasteiger partial charge in [-0.05, 0) is 43.6 Å². The van der Waals surface area contributed by atoms with Crippen LogP contribution < -0.4 is 5.32 Å². The first-order valence-electron chi connectivity index (χ1n) is 6.30. The summed E-state index contributed by atoms with van der Waals surface area (Å²) in [5, 5.41) is 12.3. The van der Waals surface area contributed by atoms with Gasteiger partial charge in [-0.25, -0.2) is 14.2 Å². The van der Waals surface area contributed by atoms with Gasteiger partial charge in [-0.1, -0.05) is 0 Å². The van der Waals surface area contributed by atoms with Crippen molar-refractivity contribution in [2.75, 3.05) is 5.32 Å².